The summed E-state index contributed by atoms with van der Waals surface area (Å²) >= 11 is 0. The number of Topliss-reactive ketones (excluding diaryl/α,β-unsaturated/α-hetero) is 1. The standard InChI is InChI=1S/C21H19N3O/c22-19-13-18(19)15-5-2-6-16(12-15)20(25)11-14-4-1-7-17(10-14)21-23-8-3-9-24-21/h1-10,12,18-19H,11,13,22H2. The quantitative estimate of drug-likeness (QED) is 0.729. The number of ketones is 1. The zero-order chi connectivity index (χ0) is 17.2. The Morgan fingerprint density at radius 3 is 2.56 bits per heavy atom. The fraction of sp³-hybridized carbons (Fsp3) is 0.190. The highest BCUT2D eigenvalue weighted by atomic mass is 16.1. The van der Waals surface area contributed by atoms with Crippen LogP contribution in [0.5, 0.6) is 0 Å². The number of aromatic nitrogens is 2. The molecule has 1 aliphatic carbocycles. The van der Waals surface area contributed by atoms with Crippen LogP contribution in [0.4, 0.5) is 0 Å². The van der Waals surface area contributed by atoms with Gasteiger partial charge in [0.05, 0.1) is 0 Å². The minimum absolute atomic E-state index is 0.113. The zero-order valence-corrected chi connectivity index (χ0v) is 13.8. The molecule has 4 nitrogen and oxygen atoms in total. The van der Waals surface area contributed by atoms with Crippen molar-refractivity contribution >= 4 is 5.78 Å². The van der Waals surface area contributed by atoms with Gasteiger partial charge in [0, 0.05) is 41.9 Å². The van der Waals surface area contributed by atoms with Crippen molar-refractivity contribution in [1.82, 2.24) is 9.97 Å². The minimum Gasteiger partial charge on any atom is -0.327 e. The molecule has 1 saturated carbocycles. The summed E-state index contributed by atoms with van der Waals surface area (Å²) in [6, 6.07) is 17.7. The van der Waals surface area contributed by atoms with Crippen molar-refractivity contribution in [2.24, 2.45) is 5.73 Å². The second-order valence-electron chi connectivity index (χ2n) is 6.50. The van der Waals surface area contributed by atoms with Gasteiger partial charge in [-0.3, -0.25) is 4.79 Å². The maximum Gasteiger partial charge on any atom is 0.167 e. The first kappa shape index (κ1) is 15.7. The first-order valence-corrected chi connectivity index (χ1v) is 8.46. The fourth-order valence-electron chi connectivity index (χ4n) is 3.10. The van der Waals surface area contributed by atoms with E-state index in [1.54, 1.807) is 18.5 Å². The van der Waals surface area contributed by atoms with E-state index in [0.29, 0.717) is 18.2 Å². The van der Waals surface area contributed by atoms with Gasteiger partial charge in [0.25, 0.3) is 0 Å². The molecular formula is C21H19N3O. The lowest BCUT2D eigenvalue weighted by Crippen LogP contribution is -2.05. The molecule has 0 saturated heterocycles. The predicted octanol–water partition coefficient (Wildman–Crippen LogP) is 3.38. The van der Waals surface area contributed by atoms with Crippen LogP contribution in [0.1, 0.15) is 33.8 Å². The lowest BCUT2D eigenvalue weighted by atomic mass is 9.98. The second kappa shape index (κ2) is 6.57. The minimum atomic E-state index is 0.113. The molecule has 0 amide bonds. The number of hydrogen-bond donors (Lipinski definition) is 1. The normalized spacial score (nSPS) is 18.8. The summed E-state index contributed by atoms with van der Waals surface area (Å²) in [6.45, 7) is 0. The van der Waals surface area contributed by atoms with Crippen LogP contribution < -0.4 is 5.73 Å². The Labute approximate surface area is 146 Å². The van der Waals surface area contributed by atoms with Gasteiger partial charge in [-0.1, -0.05) is 36.4 Å². The number of carbonyl (C=O) groups is 1. The molecule has 4 heteroatoms. The van der Waals surface area contributed by atoms with E-state index in [4.69, 9.17) is 5.73 Å². The summed E-state index contributed by atoms with van der Waals surface area (Å²) in [6.07, 6.45) is 4.81. The number of benzene rings is 2. The molecule has 1 heterocycles. The lowest BCUT2D eigenvalue weighted by molar-refractivity contribution is 0.0993. The van der Waals surface area contributed by atoms with Crippen molar-refractivity contribution < 1.29 is 4.79 Å². The van der Waals surface area contributed by atoms with Crippen LogP contribution >= 0.6 is 0 Å². The highest BCUT2D eigenvalue weighted by Gasteiger charge is 2.34. The van der Waals surface area contributed by atoms with Crippen molar-refractivity contribution in [2.45, 2.75) is 24.8 Å². The van der Waals surface area contributed by atoms with E-state index in [1.165, 1.54) is 5.56 Å². The summed E-state index contributed by atoms with van der Waals surface area (Å²) in [5, 5.41) is 0. The van der Waals surface area contributed by atoms with Crippen molar-refractivity contribution in [3.63, 3.8) is 0 Å². The third-order valence-corrected chi connectivity index (χ3v) is 4.59. The summed E-state index contributed by atoms with van der Waals surface area (Å²) in [5.74, 6) is 1.19. The molecule has 1 aromatic heterocycles. The molecule has 4 rings (SSSR count). The molecule has 2 N–H and O–H groups in total. The predicted molar refractivity (Wildman–Crippen MR) is 97.3 cm³/mol. The molecule has 124 valence electrons. The molecule has 2 aromatic carbocycles. The molecule has 2 atom stereocenters. The van der Waals surface area contributed by atoms with Crippen LogP contribution in [0.2, 0.25) is 0 Å². The van der Waals surface area contributed by atoms with Gasteiger partial charge in [-0.05, 0) is 35.7 Å². The molecule has 0 bridgehead atoms. The highest BCUT2D eigenvalue weighted by Crippen LogP contribution is 2.39. The Kier molecular flexibility index (Phi) is 4.12. The Bertz CT molecular complexity index is 908. The first-order valence-electron chi connectivity index (χ1n) is 8.46. The van der Waals surface area contributed by atoms with Crippen molar-refractivity contribution in [2.75, 3.05) is 0 Å². The average molecular weight is 329 g/mol. The van der Waals surface area contributed by atoms with Crippen LogP contribution in [0.3, 0.4) is 0 Å². The smallest absolute Gasteiger partial charge is 0.167 e. The first-order chi connectivity index (χ1) is 12.2. The van der Waals surface area contributed by atoms with Crippen molar-refractivity contribution in [3.05, 3.63) is 83.7 Å². The van der Waals surface area contributed by atoms with E-state index in [1.807, 2.05) is 42.5 Å². The topological polar surface area (TPSA) is 68.9 Å². The van der Waals surface area contributed by atoms with Gasteiger partial charge >= 0.3 is 0 Å². The van der Waals surface area contributed by atoms with E-state index in [2.05, 4.69) is 16.0 Å². The maximum atomic E-state index is 12.7. The molecule has 25 heavy (non-hydrogen) atoms. The lowest BCUT2D eigenvalue weighted by Gasteiger charge is -2.06. The van der Waals surface area contributed by atoms with Crippen LogP contribution in [-0.4, -0.2) is 21.8 Å². The summed E-state index contributed by atoms with van der Waals surface area (Å²) < 4.78 is 0. The molecule has 0 radical (unpaired) electrons. The van der Waals surface area contributed by atoms with Gasteiger partial charge in [-0.25, -0.2) is 9.97 Å². The van der Waals surface area contributed by atoms with Crippen LogP contribution in [0, 0.1) is 0 Å². The number of carbonyl (C=O) groups excluding carboxylic acids is 1. The average Bonchev–Trinajstić information content (AvgIpc) is 3.39. The molecule has 0 spiro atoms. The SMILES string of the molecule is NC1CC1c1cccc(C(=O)Cc2cccc(-c3ncccn3)c2)c1. The van der Waals surface area contributed by atoms with Gasteiger partial charge in [0.1, 0.15) is 0 Å². The maximum absolute atomic E-state index is 12.7. The fourth-order valence-corrected chi connectivity index (χ4v) is 3.10. The largest absolute Gasteiger partial charge is 0.327 e. The molecule has 0 aliphatic heterocycles. The van der Waals surface area contributed by atoms with E-state index in [9.17, 15) is 4.79 Å². The Balaban J connectivity index is 1.53. The third-order valence-electron chi connectivity index (χ3n) is 4.59. The van der Waals surface area contributed by atoms with Gasteiger partial charge in [0.2, 0.25) is 0 Å². The van der Waals surface area contributed by atoms with Crippen LogP contribution in [0.15, 0.2) is 67.0 Å². The summed E-state index contributed by atoms with van der Waals surface area (Å²) in [5.41, 5.74) is 9.72. The van der Waals surface area contributed by atoms with Gasteiger partial charge in [-0.2, -0.15) is 0 Å². The van der Waals surface area contributed by atoms with E-state index in [0.717, 1.165) is 23.1 Å². The van der Waals surface area contributed by atoms with Crippen LogP contribution in [-0.2, 0) is 6.42 Å². The van der Waals surface area contributed by atoms with Crippen molar-refractivity contribution in [3.8, 4) is 11.4 Å². The van der Waals surface area contributed by atoms with Crippen molar-refractivity contribution in [1.29, 1.82) is 0 Å². The Morgan fingerprint density at radius 2 is 1.80 bits per heavy atom. The molecule has 2 unspecified atom stereocenters. The summed E-state index contributed by atoms with van der Waals surface area (Å²) in [4.78, 5) is 21.2. The van der Waals surface area contributed by atoms with E-state index < -0.39 is 0 Å². The van der Waals surface area contributed by atoms with Gasteiger partial charge in [-0.15, -0.1) is 0 Å². The Hall–Kier alpha value is -2.85. The monoisotopic (exact) mass is 329 g/mol. The second-order valence-corrected chi connectivity index (χ2v) is 6.50. The van der Waals surface area contributed by atoms with Crippen LogP contribution in [0.25, 0.3) is 11.4 Å². The van der Waals surface area contributed by atoms with Gasteiger partial charge < -0.3 is 5.73 Å². The van der Waals surface area contributed by atoms with Gasteiger partial charge in [0.15, 0.2) is 11.6 Å². The third kappa shape index (κ3) is 3.49. The Morgan fingerprint density at radius 1 is 1.04 bits per heavy atom. The number of hydrogen-bond acceptors (Lipinski definition) is 4. The molecule has 3 aromatic rings. The highest BCUT2D eigenvalue weighted by molar-refractivity contribution is 5.97. The summed E-state index contributed by atoms with van der Waals surface area (Å²) in [7, 11) is 0. The molecule has 1 aliphatic rings. The molecule has 1 fully saturated rings. The number of nitrogens with two attached hydrogens (primary N) is 1. The zero-order valence-electron chi connectivity index (χ0n) is 13.8. The van der Waals surface area contributed by atoms with E-state index >= 15 is 0 Å². The molecular weight excluding hydrogens is 310 g/mol. The number of rotatable bonds is 5. The number of nitrogens with zero attached hydrogens (tertiary/aromatic N) is 2. The van der Waals surface area contributed by atoms with E-state index in [-0.39, 0.29) is 11.8 Å².